The molecule has 1 aliphatic rings. The molecule has 0 atom stereocenters. The first-order chi connectivity index (χ1) is 13.9. The molecule has 0 bridgehead atoms. The van der Waals surface area contributed by atoms with E-state index in [1.807, 2.05) is 24.3 Å². The summed E-state index contributed by atoms with van der Waals surface area (Å²) >= 11 is 0. The average Bonchev–Trinajstić information content (AvgIpc) is 2.72. The highest BCUT2D eigenvalue weighted by atomic mass is 16.7. The molecule has 29 heavy (non-hydrogen) atoms. The van der Waals surface area contributed by atoms with Crippen molar-refractivity contribution in [2.75, 3.05) is 13.9 Å². The van der Waals surface area contributed by atoms with Crippen LogP contribution in [0.3, 0.4) is 0 Å². The number of hydrogen-bond acceptors (Lipinski definition) is 3. The van der Waals surface area contributed by atoms with Crippen LogP contribution in [0.2, 0.25) is 0 Å². The molecule has 1 aliphatic carbocycles. The van der Waals surface area contributed by atoms with Crippen LogP contribution in [0.4, 0.5) is 0 Å². The molecule has 0 amide bonds. The van der Waals surface area contributed by atoms with Crippen LogP contribution >= 0.6 is 0 Å². The van der Waals surface area contributed by atoms with E-state index in [2.05, 4.69) is 52.0 Å². The fraction of sp³-hybridized carbons (Fsp3) is 0.308. The largest absolute Gasteiger partial charge is 0.467 e. The van der Waals surface area contributed by atoms with Gasteiger partial charge in [-0.05, 0) is 84.7 Å². The summed E-state index contributed by atoms with van der Waals surface area (Å²) in [6, 6.07) is 16.3. The lowest BCUT2D eigenvalue weighted by molar-refractivity contribution is 0.0451. The van der Waals surface area contributed by atoms with Gasteiger partial charge in [-0.25, -0.2) is 0 Å². The van der Waals surface area contributed by atoms with Crippen LogP contribution in [0.15, 0.2) is 48.5 Å². The lowest BCUT2D eigenvalue weighted by Gasteiger charge is -2.41. The number of ether oxygens (including phenoxy) is 2. The molecule has 0 unspecified atom stereocenters. The molecular weight excluding hydrogens is 360 g/mol. The Morgan fingerprint density at radius 3 is 1.86 bits per heavy atom. The molecule has 0 aliphatic heterocycles. The van der Waals surface area contributed by atoms with E-state index in [9.17, 15) is 5.11 Å². The van der Waals surface area contributed by atoms with Gasteiger partial charge in [-0.1, -0.05) is 42.5 Å². The molecule has 4 rings (SSSR count). The maximum absolute atomic E-state index is 12.6. The highest BCUT2D eigenvalue weighted by Crippen LogP contribution is 2.50. The lowest BCUT2D eigenvalue weighted by Crippen LogP contribution is -2.37. The van der Waals surface area contributed by atoms with E-state index >= 15 is 0 Å². The Balaban J connectivity index is 2.12. The highest BCUT2D eigenvalue weighted by Gasteiger charge is 2.45. The lowest BCUT2D eigenvalue weighted by atomic mass is 9.66. The second-order valence-electron chi connectivity index (χ2n) is 8.04. The van der Waals surface area contributed by atoms with Crippen molar-refractivity contribution < 1.29 is 14.6 Å². The van der Waals surface area contributed by atoms with Gasteiger partial charge in [0.15, 0.2) is 6.79 Å². The Morgan fingerprint density at radius 1 is 0.793 bits per heavy atom. The molecule has 3 aromatic rings. The third kappa shape index (κ3) is 2.97. The van der Waals surface area contributed by atoms with Crippen LogP contribution in [-0.4, -0.2) is 19.0 Å². The van der Waals surface area contributed by atoms with Gasteiger partial charge in [0, 0.05) is 12.7 Å². The zero-order valence-electron chi connectivity index (χ0n) is 17.8. The monoisotopic (exact) mass is 388 g/mol. The summed E-state index contributed by atoms with van der Waals surface area (Å²) in [5.74, 6) is 0.637. The van der Waals surface area contributed by atoms with E-state index in [1.54, 1.807) is 7.11 Å². The molecule has 0 fully saturated rings. The molecule has 3 nitrogen and oxygen atoms in total. The first-order valence-corrected chi connectivity index (χ1v) is 10.0. The molecule has 0 aromatic heterocycles. The van der Waals surface area contributed by atoms with Gasteiger partial charge in [-0.2, -0.15) is 0 Å². The minimum Gasteiger partial charge on any atom is -0.467 e. The van der Waals surface area contributed by atoms with Crippen LogP contribution in [-0.2, 0) is 16.8 Å². The molecule has 3 aromatic carbocycles. The summed E-state index contributed by atoms with van der Waals surface area (Å²) in [4.78, 5) is 0. The van der Waals surface area contributed by atoms with Crippen LogP contribution in [0, 0.1) is 27.7 Å². The quantitative estimate of drug-likeness (QED) is 0.633. The van der Waals surface area contributed by atoms with Gasteiger partial charge >= 0.3 is 0 Å². The standard InChI is InChI=1S/C26H28O3/c1-16-10-12-18(3)24-20(16)14-21-17(2)11-13-19(4)25(21)26(24,27)22-8-6-7-9-23(22)29-15-28-5/h6-13,27H,14-15H2,1-5H3. The Bertz CT molecular complexity index is 1020. The van der Waals surface area contributed by atoms with E-state index in [4.69, 9.17) is 9.47 Å². The summed E-state index contributed by atoms with van der Waals surface area (Å²) in [5.41, 5.74) is 8.39. The average molecular weight is 389 g/mol. The first kappa shape index (κ1) is 19.7. The Morgan fingerprint density at radius 2 is 1.31 bits per heavy atom. The normalized spacial score (nSPS) is 14.3. The number of rotatable bonds is 4. The number of aliphatic hydroxyl groups is 1. The highest BCUT2D eigenvalue weighted by molar-refractivity contribution is 5.66. The zero-order chi connectivity index (χ0) is 20.8. The van der Waals surface area contributed by atoms with E-state index in [0.717, 1.165) is 34.2 Å². The van der Waals surface area contributed by atoms with Crippen LogP contribution in [0.25, 0.3) is 0 Å². The van der Waals surface area contributed by atoms with Crippen molar-refractivity contribution in [2.24, 2.45) is 0 Å². The molecule has 0 radical (unpaired) electrons. The fourth-order valence-electron chi connectivity index (χ4n) is 4.79. The summed E-state index contributed by atoms with van der Waals surface area (Å²) in [6.45, 7) is 8.55. The minimum absolute atomic E-state index is 0.131. The van der Waals surface area contributed by atoms with E-state index in [1.165, 1.54) is 22.3 Å². The number of benzene rings is 3. The predicted molar refractivity (Wildman–Crippen MR) is 116 cm³/mol. The summed E-state index contributed by atoms with van der Waals surface area (Å²) in [6.07, 6.45) is 0.828. The topological polar surface area (TPSA) is 38.7 Å². The van der Waals surface area contributed by atoms with E-state index in [0.29, 0.717) is 5.75 Å². The molecular formula is C26H28O3. The fourth-order valence-corrected chi connectivity index (χ4v) is 4.79. The third-order valence-electron chi connectivity index (χ3n) is 6.20. The maximum Gasteiger partial charge on any atom is 0.188 e. The number of para-hydroxylation sites is 1. The van der Waals surface area contributed by atoms with Gasteiger partial charge in [0.25, 0.3) is 0 Å². The van der Waals surface area contributed by atoms with Gasteiger partial charge < -0.3 is 14.6 Å². The van der Waals surface area contributed by atoms with Crippen molar-refractivity contribution in [3.8, 4) is 5.75 Å². The summed E-state index contributed by atoms with van der Waals surface area (Å²) in [7, 11) is 1.60. The van der Waals surface area contributed by atoms with Crippen LogP contribution < -0.4 is 4.74 Å². The van der Waals surface area contributed by atoms with Crippen molar-refractivity contribution in [1.29, 1.82) is 0 Å². The summed E-state index contributed by atoms with van der Waals surface area (Å²) < 4.78 is 11.0. The van der Waals surface area contributed by atoms with E-state index < -0.39 is 5.60 Å². The smallest absolute Gasteiger partial charge is 0.188 e. The number of aryl methyl sites for hydroxylation is 4. The molecule has 150 valence electrons. The molecule has 0 spiro atoms. The molecule has 1 N–H and O–H groups in total. The van der Waals surface area contributed by atoms with Crippen molar-refractivity contribution >= 4 is 0 Å². The van der Waals surface area contributed by atoms with Crippen molar-refractivity contribution in [3.63, 3.8) is 0 Å². The first-order valence-electron chi connectivity index (χ1n) is 10.0. The Hall–Kier alpha value is -2.62. The molecule has 0 saturated carbocycles. The number of fused-ring (bicyclic) bond motifs is 2. The molecule has 3 heteroatoms. The second kappa shape index (κ2) is 7.33. The summed E-state index contributed by atoms with van der Waals surface area (Å²) in [5, 5.41) is 12.6. The second-order valence-corrected chi connectivity index (χ2v) is 8.04. The van der Waals surface area contributed by atoms with Gasteiger partial charge in [-0.3, -0.25) is 0 Å². The van der Waals surface area contributed by atoms with Gasteiger partial charge in [0.2, 0.25) is 0 Å². The Kier molecular flexibility index (Phi) is 4.97. The van der Waals surface area contributed by atoms with Gasteiger partial charge in [0.05, 0.1) is 0 Å². The van der Waals surface area contributed by atoms with Crippen molar-refractivity contribution in [2.45, 2.75) is 39.7 Å². The van der Waals surface area contributed by atoms with Crippen molar-refractivity contribution in [3.05, 3.63) is 98.6 Å². The van der Waals surface area contributed by atoms with Crippen LogP contribution in [0.1, 0.15) is 50.1 Å². The van der Waals surface area contributed by atoms with Gasteiger partial charge in [-0.15, -0.1) is 0 Å². The van der Waals surface area contributed by atoms with E-state index in [-0.39, 0.29) is 6.79 Å². The minimum atomic E-state index is -1.29. The number of hydrogen-bond donors (Lipinski definition) is 1. The van der Waals surface area contributed by atoms with Crippen molar-refractivity contribution in [1.82, 2.24) is 0 Å². The van der Waals surface area contributed by atoms with Crippen LogP contribution in [0.5, 0.6) is 5.75 Å². The molecule has 0 heterocycles. The van der Waals surface area contributed by atoms with Gasteiger partial charge in [0.1, 0.15) is 11.4 Å². The number of methoxy groups -OCH3 is 1. The SMILES string of the molecule is COCOc1ccccc1C1(O)c2c(C)ccc(C)c2Cc2c(C)ccc(C)c21. The predicted octanol–water partition coefficient (Wildman–Crippen LogP) is 5.09. The maximum atomic E-state index is 12.6. The zero-order valence-corrected chi connectivity index (χ0v) is 17.8. The molecule has 0 saturated heterocycles. The third-order valence-corrected chi connectivity index (χ3v) is 6.20. The Labute approximate surface area is 172 Å².